The lowest BCUT2D eigenvalue weighted by molar-refractivity contribution is 0.448. The molecule has 0 spiro atoms. The Morgan fingerprint density at radius 3 is 0.865 bits per heavy atom. The second-order valence-corrected chi connectivity index (χ2v) is 11.5. The standard InChI is InChI=1S/C36H66O/c1-5-9-13-17-21-25-29-35(27-23-19-15-11-7-3)31-33-37-34-32-36(28-24-20-16-12-8-4)30-26-22-18-14-10-6-2/h35-36H,5-30H2,1-4H3. The normalized spacial score (nSPS) is 12.3. The molecular formula is C36H66O. The van der Waals surface area contributed by atoms with Gasteiger partial charge in [0.2, 0.25) is 0 Å². The molecule has 0 saturated heterocycles. The average Bonchev–Trinajstić information content (AvgIpc) is 2.91. The number of ether oxygens (including phenoxy) is 1. The SMILES string of the molecule is CCCCCCCCC(C#COC#CC(CCCCCCC)CCCCCCCC)CCCCCCC. The van der Waals surface area contributed by atoms with Crippen molar-refractivity contribution in [2.45, 2.75) is 195 Å². The van der Waals surface area contributed by atoms with Crippen LogP contribution in [-0.2, 0) is 4.74 Å². The van der Waals surface area contributed by atoms with Crippen LogP contribution in [0.15, 0.2) is 0 Å². The van der Waals surface area contributed by atoms with Crippen LogP contribution < -0.4 is 0 Å². The predicted molar refractivity (Wildman–Crippen MR) is 166 cm³/mol. The van der Waals surface area contributed by atoms with Gasteiger partial charge in [0.05, 0.1) is 0 Å². The molecule has 0 bridgehead atoms. The zero-order valence-electron chi connectivity index (χ0n) is 25.9. The molecule has 0 aromatic heterocycles. The molecule has 0 N–H and O–H groups in total. The molecule has 37 heavy (non-hydrogen) atoms. The lowest BCUT2D eigenvalue weighted by Gasteiger charge is -2.10. The van der Waals surface area contributed by atoms with Crippen molar-refractivity contribution >= 4 is 0 Å². The van der Waals surface area contributed by atoms with E-state index in [2.05, 4.69) is 51.7 Å². The number of unbranched alkanes of at least 4 members (excludes halogenated alkanes) is 18. The summed E-state index contributed by atoms with van der Waals surface area (Å²) < 4.78 is 5.58. The molecule has 0 saturated carbocycles. The van der Waals surface area contributed by atoms with Crippen molar-refractivity contribution in [1.82, 2.24) is 0 Å². The topological polar surface area (TPSA) is 9.23 Å². The summed E-state index contributed by atoms with van der Waals surface area (Å²) in [5, 5.41) is 0. The van der Waals surface area contributed by atoms with E-state index in [1.165, 1.54) is 167 Å². The fourth-order valence-corrected chi connectivity index (χ4v) is 5.16. The van der Waals surface area contributed by atoms with Gasteiger partial charge in [0, 0.05) is 11.8 Å². The Labute approximate surface area is 235 Å². The van der Waals surface area contributed by atoms with Crippen LogP contribution in [-0.4, -0.2) is 0 Å². The highest BCUT2D eigenvalue weighted by molar-refractivity contribution is 5.04. The minimum absolute atomic E-state index is 0.479. The second-order valence-electron chi connectivity index (χ2n) is 11.5. The third-order valence-corrected chi connectivity index (χ3v) is 7.75. The molecule has 0 radical (unpaired) electrons. The summed E-state index contributed by atoms with van der Waals surface area (Å²) in [6, 6.07) is 0. The van der Waals surface area contributed by atoms with E-state index in [1.807, 2.05) is 0 Å². The van der Waals surface area contributed by atoms with Crippen molar-refractivity contribution in [3.63, 3.8) is 0 Å². The van der Waals surface area contributed by atoms with E-state index < -0.39 is 0 Å². The van der Waals surface area contributed by atoms with E-state index in [9.17, 15) is 0 Å². The molecule has 0 aliphatic rings. The van der Waals surface area contributed by atoms with Crippen LogP contribution in [0.1, 0.15) is 195 Å². The summed E-state index contributed by atoms with van der Waals surface area (Å²) in [5.74, 6) is 7.86. The van der Waals surface area contributed by atoms with Crippen LogP contribution >= 0.6 is 0 Å². The fraction of sp³-hybridized carbons (Fsp3) is 0.889. The minimum atomic E-state index is 0.479. The summed E-state index contributed by atoms with van der Waals surface area (Å²) in [4.78, 5) is 0. The maximum Gasteiger partial charge on any atom is 0.130 e. The van der Waals surface area contributed by atoms with Crippen molar-refractivity contribution < 1.29 is 4.74 Å². The maximum absolute atomic E-state index is 5.58. The van der Waals surface area contributed by atoms with Gasteiger partial charge in [-0.2, -0.15) is 0 Å². The summed E-state index contributed by atoms with van der Waals surface area (Å²) in [7, 11) is 0. The molecule has 2 atom stereocenters. The molecule has 0 amide bonds. The lowest BCUT2D eigenvalue weighted by Crippen LogP contribution is -1.99. The van der Waals surface area contributed by atoms with Gasteiger partial charge in [-0.05, 0) is 25.7 Å². The van der Waals surface area contributed by atoms with E-state index in [1.54, 1.807) is 0 Å². The molecule has 1 nitrogen and oxygen atoms in total. The first kappa shape index (κ1) is 35.9. The number of hydrogen-bond donors (Lipinski definition) is 0. The highest BCUT2D eigenvalue weighted by atomic mass is 16.5. The molecule has 0 heterocycles. The van der Waals surface area contributed by atoms with E-state index in [-0.39, 0.29) is 0 Å². The predicted octanol–water partition coefficient (Wildman–Crippen LogP) is 12.4. The highest BCUT2D eigenvalue weighted by Gasteiger charge is 2.07. The number of rotatable bonds is 26. The monoisotopic (exact) mass is 515 g/mol. The van der Waals surface area contributed by atoms with Gasteiger partial charge in [-0.15, -0.1) is 0 Å². The van der Waals surface area contributed by atoms with Crippen LogP contribution in [0.25, 0.3) is 0 Å². The molecule has 216 valence electrons. The molecule has 0 rings (SSSR count). The fourth-order valence-electron chi connectivity index (χ4n) is 5.16. The van der Waals surface area contributed by atoms with E-state index in [0.717, 1.165) is 0 Å². The van der Waals surface area contributed by atoms with Crippen molar-refractivity contribution in [2.24, 2.45) is 11.8 Å². The Bertz CT molecular complexity index is 507. The van der Waals surface area contributed by atoms with Gasteiger partial charge in [-0.3, -0.25) is 0 Å². The Morgan fingerprint density at radius 2 is 0.595 bits per heavy atom. The van der Waals surface area contributed by atoms with Gasteiger partial charge in [0.25, 0.3) is 0 Å². The Hall–Kier alpha value is -1.08. The Balaban J connectivity index is 4.63. The van der Waals surface area contributed by atoms with E-state index in [4.69, 9.17) is 4.74 Å². The summed E-state index contributed by atoms with van der Waals surface area (Å²) in [6.45, 7) is 9.15. The molecule has 0 aromatic rings. The van der Waals surface area contributed by atoms with Gasteiger partial charge in [-0.25, -0.2) is 0 Å². The molecule has 2 unspecified atom stereocenters. The van der Waals surface area contributed by atoms with Gasteiger partial charge in [0.1, 0.15) is 12.2 Å². The largest absolute Gasteiger partial charge is 0.357 e. The van der Waals surface area contributed by atoms with Crippen LogP contribution in [0.5, 0.6) is 0 Å². The van der Waals surface area contributed by atoms with Crippen LogP contribution in [0.3, 0.4) is 0 Å². The third kappa shape index (κ3) is 27.8. The first-order chi connectivity index (χ1) is 18.3. The smallest absolute Gasteiger partial charge is 0.130 e. The van der Waals surface area contributed by atoms with Crippen molar-refractivity contribution in [3.8, 4) is 24.1 Å². The molecule has 0 aromatic carbocycles. The minimum Gasteiger partial charge on any atom is -0.357 e. The molecule has 0 aliphatic carbocycles. The lowest BCUT2D eigenvalue weighted by atomic mass is 9.95. The van der Waals surface area contributed by atoms with Crippen LogP contribution in [0, 0.1) is 35.9 Å². The van der Waals surface area contributed by atoms with Gasteiger partial charge >= 0.3 is 0 Å². The maximum atomic E-state index is 5.58. The van der Waals surface area contributed by atoms with Crippen molar-refractivity contribution in [2.75, 3.05) is 0 Å². The molecule has 0 aliphatic heterocycles. The van der Waals surface area contributed by atoms with E-state index >= 15 is 0 Å². The zero-order chi connectivity index (χ0) is 27.1. The summed E-state index contributed by atoms with van der Waals surface area (Å²) >= 11 is 0. The molecule has 0 fully saturated rings. The zero-order valence-corrected chi connectivity index (χ0v) is 25.9. The summed E-state index contributed by atoms with van der Waals surface area (Å²) in [5.41, 5.74) is 0. The average molecular weight is 515 g/mol. The van der Waals surface area contributed by atoms with Gasteiger partial charge < -0.3 is 4.74 Å². The van der Waals surface area contributed by atoms with Crippen molar-refractivity contribution in [1.29, 1.82) is 0 Å². The highest BCUT2D eigenvalue weighted by Crippen LogP contribution is 2.20. The van der Waals surface area contributed by atoms with E-state index in [0.29, 0.717) is 11.8 Å². The summed E-state index contributed by atoms with van der Waals surface area (Å²) in [6.07, 6.45) is 40.6. The molecule has 1 heteroatoms. The first-order valence-electron chi connectivity index (χ1n) is 16.9. The van der Waals surface area contributed by atoms with Crippen molar-refractivity contribution in [3.05, 3.63) is 0 Å². The number of hydrogen-bond acceptors (Lipinski definition) is 1. The quantitative estimate of drug-likeness (QED) is 0.0823. The van der Waals surface area contributed by atoms with Gasteiger partial charge in [-0.1, -0.05) is 181 Å². The Morgan fingerprint density at radius 1 is 0.351 bits per heavy atom. The third-order valence-electron chi connectivity index (χ3n) is 7.75. The first-order valence-corrected chi connectivity index (χ1v) is 16.9. The Kier molecular flexibility index (Phi) is 30.2. The van der Waals surface area contributed by atoms with Gasteiger partial charge in [0.15, 0.2) is 0 Å². The van der Waals surface area contributed by atoms with Crippen LogP contribution in [0.2, 0.25) is 0 Å². The molecular weight excluding hydrogens is 448 g/mol. The van der Waals surface area contributed by atoms with Crippen LogP contribution in [0.4, 0.5) is 0 Å². The second kappa shape index (κ2) is 31.1.